The molecule has 176 valence electrons. The zero-order valence-corrected chi connectivity index (χ0v) is 15.8. The summed E-state index contributed by atoms with van der Waals surface area (Å²) in [5.74, 6) is -1.15. The van der Waals surface area contributed by atoms with Crippen LogP contribution in [-0.4, -0.2) is 23.2 Å². The van der Waals surface area contributed by atoms with Gasteiger partial charge < -0.3 is 5.32 Å². The number of rotatable bonds is 3. The van der Waals surface area contributed by atoms with Crippen molar-refractivity contribution in [3.63, 3.8) is 0 Å². The van der Waals surface area contributed by atoms with E-state index in [4.69, 9.17) is 0 Å². The number of anilines is 1. The van der Waals surface area contributed by atoms with Crippen LogP contribution >= 0.6 is 0 Å². The van der Waals surface area contributed by atoms with Crippen molar-refractivity contribution >= 4 is 22.5 Å². The summed E-state index contributed by atoms with van der Waals surface area (Å²) >= 11 is 0. The van der Waals surface area contributed by atoms with Gasteiger partial charge in [0.25, 0.3) is 5.91 Å². The van der Waals surface area contributed by atoms with Crippen LogP contribution in [0.5, 0.6) is 0 Å². The van der Waals surface area contributed by atoms with Gasteiger partial charge in [-0.3, -0.25) is 9.78 Å². The number of alkyl halides is 10. The predicted molar refractivity (Wildman–Crippen MR) is 96.0 cm³/mol. The molecule has 3 nitrogen and oxygen atoms in total. The van der Waals surface area contributed by atoms with Gasteiger partial charge in [0, 0.05) is 22.7 Å². The maximum absolute atomic E-state index is 14.6. The number of benzene rings is 2. The fraction of sp³-hybridized carbons (Fsp3) is 0.200. The van der Waals surface area contributed by atoms with Crippen LogP contribution in [0.25, 0.3) is 10.9 Å². The number of fused-ring (bicyclic) bond motifs is 1. The second kappa shape index (κ2) is 7.89. The molecule has 1 N–H and O–H groups in total. The van der Waals surface area contributed by atoms with Crippen molar-refractivity contribution in [2.45, 2.75) is 24.2 Å². The molecule has 1 heterocycles. The summed E-state index contributed by atoms with van der Waals surface area (Å²) in [4.78, 5) is 16.0. The van der Waals surface area contributed by atoms with Crippen LogP contribution < -0.4 is 5.32 Å². The van der Waals surface area contributed by atoms with E-state index in [-0.39, 0.29) is 6.07 Å². The van der Waals surface area contributed by atoms with Gasteiger partial charge in [0.15, 0.2) is 0 Å². The minimum Gasteiger partial charge on any atom is -0.320 e. The minimum atomic E-state index is -6.38. The summed E-state index contributed by atoms with van der Waals surface area (Å²) in [5, 5.41) is 1.18. The standard InChI is InChI=1S/C20H10F10N2O/c21-17(19(25,26)27,20(28,29)30)13-6-7-14(15-12(13)5-2-8-31-15)32-16(33)10-3-1-4-11(9-10)18(22,23)24/h1-9H,(H,32,33). The number of pyridine rings is 1. The average Bonchev–Trinajstić information content (AvgIpc) is 2.71. The number of amides is 1. The largest absolute Gasteiger partial charge is 0.435 e. The molecule has 0 unspecified atom stereocenters. The molecule has 2 aromatic carbocycles. The molecule has 0 radical (unpaired) electrons. The van der Waals surface area contributed by atoms with Crippen LogP contribution in [0.2, 0.25) is 0 Å². The highest BCUT2D eigenvalue weighted by Crippen LogP contribution is 2.54. The summed E-state index contributed by atoms with van der Waals surface area (Å²) in [6, 6.07) is 5.57. The Balaban J connectivity index is 2.11. The van der Waals surface area contributed by atoms with Gasteiger partial charge in [-0.2, -0.15) is 39.5 Å². The molecule has 33 heavy (non-hydrogen) atoms. The zero-order chi connectivity index (χ0) is 24.8. The van der Waals surface area contributed by atoms with Gasteiger partial charge in [-0.05, 0) is 30.3 Å². The van der Waals surface area contributed by atoms with Gasteiger partial charge in [0.1, 0.15) is 0 Å². The first-order valence-electron chi connectivity index (χ1n) is 8.76. The maximum Gasteiger partial charge on any atom is 0.435 e. The number of hydrogen-bond acceptors (Lipinski definition) is 2. The fourth-order valence-electron chi connectivity index (χ4n) is 3.07. The van der Waals surface area contributed by atoms with Crippen LogP contribution in [-0.2, 0) is 11.8 Å². The summed E-state index contributed by atoms with van der Waals surface area (Å²) in [5.41, 5.74) is -10.3. The molecule has 0 aliphatic rings. The third-order valence-corrected chi connectivity index (χ3v) is 4.62. The molecule has 0 fully saturated rings. The molecular formula is C20H10F10N2O. The molecule has 0 saturated heterocycles. The summed E-state index contributed by atoms with van der Waals surface area (Å²) in [7, 11) is 0. The number of carbonyl (C=O) groups excluding carboxylic acids is 1. The third kappa shape index (κ3) is 4.31. The zero-order valence-electron chi connectivity index (χ0n) is 15.8. The molecule has 0 saturated carbocycles. The van der Waals surface area contributed by atoms with E-state index >= 15 is 0 Å². The smallest absolute Gasteiger partial charge is 0.320 e. The van der Waals surface area contributed by atoms with E-state index in [0.29, 0.717) is 18.2 Å². The van der Waals surface area contributed by atoms with Gasteiger partial charge in [0.05, 0.1) is 16.8 Å². The van der Waals surface area contributed by atoms with E-state index in [9.17, 15) is 48.7 Å². The molecular weight excluding hydrogens is 474 g/mol. The number of halogens is 10. The maximum atomic E-state index is 14.6. The Hall–Kier alpha value is -3.38. The second-order valence-corrected chi connectivity index (χ2v) is 6.75. The molecule has 13 heteroatoms. The van der Waals surface area contributed by atoms with Crippen molar-refractivity contribution in [2.75, 3.05) is 5.32 Å². The molecule has 0 aliphatic heterocycles. The first kappa shape index (κ1) is 24.3. The quantitative estimate of drug-likeness (QED) is 0.416. The third-order valence-electron chi connectivity index (χ3n) is 4.62. The van der Waals surface area contributed by atoms with Crippen molar-refractivity contribution in [1.82, 2.24) is 4.98 Å². The van der Waals surface area contributed by atoms with Gasteiger partial charge in [0.2, 0.25) is 0 Å². The summed E-state index contributed by atoms with van der Waals surface area (Å²) in [6.07, 6.45) is -16.6. The van der Waals surface area contributed by atoms with E-state index in [1.165, 1.54) is 0 Å². The summed E-state index contributed by atoms with van der Waals surface area (Å²) in [6.45, 7) is 0. The highest BCUT2D eigenvalue weighted by atomic mass is 19.4. The SMILES string of the molecule is O=C(Nc1ccc(C(F)(C(F)(F)F)C(F)(F)F)c2cccnc12)c1cccc(C(F)(F)F)c1. The Morgan fingerprint density at radius 1 is 0.788 bits per heavy atom. The molecule has 0 atom stereocenters. The van der Waals surface area contributed by atoms with Gasteiger partial charge in [-0.25, -0.2) is 4.39 Å². The van der Waals surface area contributed by atoms with Crippen LogP contribution in [0, 0.1) is 0 Å². The van der Waals surface area contributed by atoms with E-state index < -0.39 is 63.4 Å². The van der Waals surface area contributed by atoms with E-state index in [0.717, 1.165) is 30.5 Å². The number of aromatic nitrogens is 1. The van der Waals surface area contributed by atoms with Crippen LogP contribution in [0.15, 0.2) is 54.7 Å². The first-order chi connectivity index (χ1) is 15.1. The highest BCUT2D eigenvalue weighted by molar-refractivity contribution is 6.08. The predicted octanol–water partition coefficient (Wildman–Crippen LogP) is 6.80. The lowest BCUT2D eigenvalue weighted by Gasteiger charge is -2.31. The van der Waals surface area contributed by atoms with E-state index in [1.54, 1.807) is 0 Å². The Bertz CT molecular complexity index is 1180. The Morgan fingerprint density at radius 3 is 2.00 bits per heavy atom. The number of nitrogens with zero attached hydrogens (tertiary/aromatic N) is 1. The number of nitrogens with one attached hydrogen (secondary N) is 1. The molecule has 1 aromatic heterocycles. The highest BCUT2D eigenvalue weighted by Gasteiger charge is 2.74. The van der Waals surface area contributed by atoms with E-state index in [1.807, 2.05) is 0 Å². The fourth-order valence-corrected chi connectivity index (χ4v) is 3.07. The van der Waals surface area contributed by atoms with Gasteiger partial charge in [-0.15, -0.1) is 0 Å². The molecule has 0 spiro atoms. The Kier molecular flexibility index (Phi) is 5.80. The Labute approximate surface area is 178 Å². The van der Waals surface area contributed by atoms with Crippen molar-refractivity contribution in [1.29, 1.82) is 0 Å². The topological polar surface area (TPSA) is 42.0 Å². The normalized spacial score (nSPS) is 13.3. The van der Waals surface area contributed by atoms with Crippen molar-refractivity contribution in [2.24, 2.45) is 0 Å². The lowest BCUT2D eigenvalue weighted by molar-refractivity contribution is -0.348. The van der Waals surface area contributed by atoms with Crippen molar-refractivity contribution < 1.29 is 48.7 Å². The lowest BCUT2D eigenvalue weighted by Crippen LogP contribution is -2.50. The van der Waals surface area contributed by atoms with Gasteiger partial charge >= 0.3 is 24.2 Å². The first-order valence-corrected chi connectivity index (χ1v) is 8.76. The molecule has 0 aliphatic carbocycles. The molecule has 0 bridgehead atoms. The van der Waals surface area contributed by atoms with Crippen molar-refractivity contribution in [3.8, 4) is 0 Å². The van der Waals surface area contributed by atoms with Crippen LogP contribution in [0.4, 0.5) is 49.6 Å². The molecule has 3 rings (SSSR count). The minimum absolute atomic E-state index is 0.187. The Morgan fingerprint density at radius 2 is 1.42 bits per heavy atom. The van der Waals surface area contributed by atoms with Crippen molar-refractivity contribution in [3.05, 3.63) is 71.4 Å². The molecule has 1 amide bonds. The second-order valence-electron chi connectivity index (χ2n) is 6.75. The van der Waals surface area contributed by atoms with Crippen LogP contribution in [0.1, 0.15) is 21.5 Å². The number of carbonyl (C=O) groups is 1. The van der Waals surface area contributed by atoms with Gasteiger partial charge in [-0.1, -0.05) is 18.2 Å². The molecule has 3 aromatic rings. The summed E-state index contributed by atoms with van der Waals surface area (Å²) < 4.78 is 132. The van der Waals surface area contributed by atoms with Crippen LogP contribution in [0.3, 0.4) is 0 Å². The monoisotopic (exact) mass is 484 g/mol. The number of hydrogen-bond donors (Lipinski definition) is 1. The van der Waals surface area contributed by atoms with E-state index in [2.05, 4.69) is 10.3 Å². The average molecular weight is 484 g/mol. The lowest BCUT2D eigenvalue weighted by atomic mass is 9.90.